The standard InChI is InChI=1S/C27H25ClN2O4/c1-14-7-8-15(28)11-21(14)29(25(31)18-5-3-4-6-22(18)34-2)13-30-26(32)23-16-9-10-17(20-12-19(16)20)24(23)27(30)33/h3-11,16-17,19-20,23-24H,12-13H2,1-2H3. The maximum atomic E-state index is 13.8. The van der Waals surface area contributed by atoms with Gasteiger partial charge in [0.05, 0.1) is 30.2 Å². The van der Waals surface area contributed by atoms with Crippen LogP contribution in [0, 0.1) is 42.4 Å². The van der Waals surface area contributed by atoms with E-state index in [0.717, 1.165) is 12.0 Å². The third-order valence-electron chi connectivity index (χ3n) is 8.08. The van der Waals surface area contributed by atoms with Crippen LogP contribution in [0.4, 0.5) is 5.69 Å². The van der Waals surface area contributed by atoms with Gasteiger partial charge in [-0.05, 0) is 66.8 Å². The van der Waals surface area contributed by atoms with Crippen LogP contribution < -0.4 is 9.64 Å². The molecule has 0 aromatic heterocycles. The number of para-hydroxylation sites is 1. The molecular formula is C27H25ClN2O4. The third kappa shape index (κ3) is 3.04. The first-order chi connectivity index (χ1) is 16.4. The fraction of sp³-hybridized carbons (Fsp3) is 0.370. The van der Waals surface area contributed by atoms with Gasteiger partial charge < -0.3 is 4.74 Å². The normalized spacial score (nSPS) is 30.3. The molecular weight excluding hydrogens is 452 g/mol. The van der Waals surface area contributed by atoms with E-state index < -0.39 is 0 Å². The van der Waals surface area contributed by atoms with Crippen LogP contribution in [0.15, 0.2) is 54.6 Å². The van der Waals surface area contributed by atoms with E-state index in [-0.39, 0.29) is 48.1 Å². The first kappa shape index (κ1) is 21.4. The lowest BCUT2D eigenvalue weighted by Gasteiger charge is -2.37. The molecule has 1 aliphatic heterocycles. The molecule has 3 fully saturated rings. The van der Waals surface area contributed by atoms with Gasteiger partial charge in [0.15, 0.2) is 0 Å². The highest BCUT2D eigenvalue weighted by Gasteiger charge is 2.67. The molecule has 4 aliphatic carbocycles. The van der Waals surface area contributed by atoms with Gasteiger partial charge in [0.2, 0.25) is 11.8 Å². The Labute approximate surface area is 203 Å². The first-order valence-electron chi connectivity index (χ1n) is 11.6. The van der Waals surface area contributed by atoms with Crippen molar-refractivity contribution < 1.29 is 19.1 Å². The minimum Gasteiger partial charge on any atom is -0.496 e. The van der Waals surface area contributed by atoms with E-state index in [1.165, 1.54) is 16.9 Å². The number of hydrogen-bond donors (Lipinski definition) is 0. The average molecular weight is 477 g/mol. The van der Waals surface area contributed by atoms with Crippen LogP contribution in [-0.4, -0.2) is 36.4 Å². The Morgan fingerprint density at radius 1 is 1.06 bits per heavy atom. The fourth-order valence-corrected chi connectivity index (χ4v) is 6.56. The number of amides is 3. The Morgan fingerprint density at radius 2 is 1.71 bits per heavy atom. The highest BCUT2D eigenvalue weighted by molar-refractivity contribution is 6.31. The summed E-state index contributed by atoms with van der Waals surface area (Å²) >= 11 is 6.29. The molecule has 6 nitrogen and oxygen atoms in total. The molecule has 2 aromatic carbocycles. The van der Waals surface area contributed by atoms with Crippen LogP contribution in [-0.2, 0) is 9.59 Å². The van der Waals surface area contributed by atoms with E-state index in [4.69, 9.17) is 16.3 Å². The van der Waals surface area contributed by atoms with Crippen LogP contribution in [0.2, 0.25) is 5.02 Å². The van der Waals surface area contributed by atoms with Gasteiger partial charge in [0.25, 0.3) is 5.91 Å². The molecule has 2 bridgehead atoms. The summed E-state index contributed by atoms with van der Waals surface area (Å²) in [5, 5.41) is 0.466. The molecule has 0 N–H and O–H groups in total. The smallest absolute Gasteiger partial charge is 0.263 e. The molecule has 0 spiro atoms. The Hall–Kier alpha value is -3.12. The van der Waals surface area contributed by atoms with E-state index in [1.54, 1.807) is 36.4 Å². The number of aryl methyl sites for hydroxylation is 1. The predicted octanol–water partition coefficient (Wildman–Crippen LogP) is 4.31. The van der Waals surface area contributed by atoms with E-state index in [1.807, 2.05) is 13.0 Å². The number of carbonyl (C=O) groups is 3. The zero-order valence-corrected chi connectivity index (χ0v) is 19.7. The zero-order chi connectivity index (χ0) is 23.7. The number of halogens is 1. The summed E-state index contributed by atoms with van der Waals surface area (Å²) < 4.78 is 5.42. The minimum absolute atomic E-state index is 0.132. The molecule has 1 saturated heterocycles. The number of anilines is 1. The van der Waals surface area contributed by atoms with Gasteiger partial charge in [-0.2, -0.15) is 0 Å². The number of likely N-dealkylation sites (tertiary alicyclic amines) is 1. The molecule has 1 heterocycles. The number of methoxy groups -OCH3 is 1. The van der Waals surface area contributed by atoms with Gasteiger partial charge in [-0.3, -0.25) is 24.2 Å². The lowest BCUT2D eigenvalue weighted by Crippen LogP contribution is -2.45. The van der Waals surface area contributed by atoms with Gasteiger partial charge in [-0.1, -0.05) is 42.0 Å². The second kappa shape index (κ2) is 7.70. The minimum atomic E-state index is -0.359. The quantitative estimate of drug-likeness (QED) is 0.476. The van der Waals surface area contributed by atoms with Gasteiger partial charge in [0.1, 0.15) is 12.4 Å². The molecule has 7 heteroatoms. The number of hydrogen-bond acceptors (Lipinski definition) is 4. The van der Waals surface area contributed by atoms with Crippen LogP contribution in [0.25, 0.3) is 0 Å². The third-order valence-corrected chi connectivity index (χ3v) is 8.32. The number of carbonyl (C=O) groups excluding carboxylic acids is 3. The van der Waals surface area contributed by atoms with Crippen LogP contribution >= 0.6 is 11.6 Å². The highest BCUT2D eigenvalue weighted by atomic mass is 35.5. The maximum absolute atomic E-state index is 13.8. The number of benzene rings is 2. The number of imide groups is 1. The number of allylic oxidation sites excluding steroid dienone is 2. The van der Waals surface area contributed by atoms with Crippen molar-refractivity contribution >= 4 is 35.0 Å². The second-order valence-electron chi connectivity index (χ2n) is 9.76. The van der Waals surface area contributed by atoms with Crippen LogP contribution in [0.5, 0.6) is 5.75 Å². The summed E-state index contributed by atoms with van der Waals surface area (Å²) in [4.78, 5) is 43.8. The van der Waals surface area contributed by atoms with E-state index >= 15 is 0 Å². The summed E-state index contributed by atoms with van der Waals surface area (Å²) in [7, 11) is 1.51. The highest BCUT2D eigenvalue weighted by Crippen LogP contribution is 2.65. The lowest BCUT2D eigenvalue weighted by molar-refractivity contribution is -0.140. The SMILES string of the molecule is COc1ccccc1C(=O)N(CN1C(=O)C2C3C=CC(C4CC34)C2C1=O)c1cc(Cl)ccc1C. The monoisotopic (exact) mass is 476 g/mol. The molecule has 0 radical (unpaired) electrons. The second-order valence-corrected chi connectivity index (χ2v) is 10.2. The van der Waals surface area contributed by atoms with Crippen LogP contribution in [0.3, 0.4) is 0 Å². The van der Waals surface area contributed by atoms with Crippen molar-refractivity contribution in [3.05, 3.63) is 70.8 Å². The molecule has 174 valence electrons. The molecule has 6 unspecified atom stereocenters. The molecule has 3 amide bonds. The van der Waals surface area contributed by atoms with Gasteiger partial charge in [-0.15, -0.1) is 0 Å². The molecule has 5 aliphatic rings. The van der Waals surface area contributed by atoms with Crippen LogP contribution in [0.1, 0.15) is 22.3 Å². The van der Waals surface area contributed by atoms with E-state index in [9.17, 15) is 14.4 Å². The van der Waals surface area contributed by atoms with Crippen molar-refractivity contribution in [3.63, 3.8) is 0 Å². The van der Waals surface area contributed by atoms with Crippen molar-refractivity contribution in [1.82, 2.24) is 4.90 Å². The summed E-state index contributed by atoms with van der Waals surface area (Å²) in [6.07, 6.45) is 5.40. The van der Waals surface area contributed by atoms with Crippen molar-refractivity contribution in [3.8, 4) is 5.75 Å². The van der Waals surface area contributed by atoms with Gasteiger partial charge in [0, 0.05) is 5.02 Å². The number of nitrogens with zero attached hydrogens (tertiary/aromatic N) is 2. The van der Waals surface area contributed by atoms with Crippen molar-refractivity contribution in [2.75, 3.05) is 18.7 Å². The average Bonchev–Trinajstić information content (AvgIpc) is 3.63. The predicted molar refractivity (Wildman–Crippen MR) is 127 cm³/mol. The largest absolute Gasteiger partial charge is 0.496 e. The Balaban J connectivity index is 1.39. The number of ether oxygens (including phenoxy) is 1. The lowest BCUT2D eigenvalue weighted by atomic mass is 9.63. The molecule has 6 atom stereocenters. The Kier molecular flexibility index (Phi) is 4.85. The molecule has 7 rings (SSSR count). The zero-order valence-electron chi connectivity index (χ0n) is 19.0. The fourth-order valence-electron chi connectivity index (χ4n) is 6.39. The molecule has 2 aromatic rings. The molecule has 2 saturated carbocycles. The number of rotatable bonds is 5. The first-order valence-corrected chi connectivity index (χ1v) is 12.0. The van der Waals surface area contributed by atoms with E-state index in [0.29, 0.717) is 33.9 Å². The topological polar surface area (TPSA) is 66.9 Å². The van der Waals surface area contributed by atoms with Gasteiger partial charge >= 0.3 is 0 Å². The van der Waals surface area contributed by atoms with Crippen molar-refractivity contribution in [2.24, 2.45) is 35.5 Å². The maximum Gasteiger partial charge on any atom is 0.263 e. The van der Waals surface area contributed by atoms with E-state index in [2.05, 4.69) is 12.2 Å². The summed E-state index contributed by atoms with van der Waals surface area (Å²) in [6, 6.07) is 12.2. The summed E-state index contributed by atoms with van der Waals surface area (Å²) in [5.74, 6) is 0.415. The Bertz CT molecular complexity index is 1220. The Morgan fingerprint density at radius 3 is 2.35 bits per heavy atom. The van der Waals surface area contributed by atoms with Crippen molar-refractivity contribution in [2.45, 2.75) is 13.3 Å². The van der Waals surface area contributed by atoms with Crippen molar-refractivity contribution in [1.29, 1.82) is 0 Å². The van der Waals surface area contributed by atoms with Gasteiger partial charge in [-0.25, -0.2) is 0 Å². The summed E-state index contributed by atoms with van der Waals surface area (Å²) in [5.41, 5.74) is 1.72. The summed E-state index contributed by atoms with van der Waals surface area (Å²) in [6.45, 7) is 1.72. The molecule has 34 heavy (non-hydrogen) atoms.